The molecule has 1 atom stereocenters. The van der Waals surface area contributed by atoms with E-state index in [4.69, 9.17) is 10.5 Å². The molecule has 1 aromatic carbocycles. The molecule has 2 N–H and O–H groups in total. The van der Waals surface area contributed by atoms with Crippen LogP contribution in [-0.4, -0.2) is 56.2 Å². The van der Waals surface area contributed by atoms with Crippen LogP contribution in [0.1, 0.15) is 18.5 Å². The molecule has 1 heterocycles. The first-order chi connectivity index (χ1) is 9.15. The van der Waals surface area contributed by atoms with Crippen LogP contribution in [-0.2, 0) is 0 Å². The van der Waals surface area contributed by atoms with E-state index in [9.17, 15) is 0 Å². The van der Waals surface area contributed by atoms with Gasteiger partial charge in [-0.05, 0) is 31.7 Å². The van der Waals surface area contributed by atoms with Crippen molar-refractivity contribution in [2.45, 2.75) is 13.0 Å². The first-order valence-corrected chi connectivity index (χ1v) is 7.04. The quantitative estimate of drug-likeness (QED) is 0.870. The van der Waals surface area contributed by atoms with E-state index in [0.717, 1.165) is 50.6 Å². The highest BCUT2D eigenvalue weighted by Crippen LogP contribution is 2.16. The molecule has 0 unspecified atom stereocenters. The summed E-state index contributed by atoms with van der Waals surface area (Å²) in [5.41, 5.74) is 6.97. The van der Waals surface area contributed by atoms with Crippen molar-refractivity contribution in [1.82, 2.24) is 9.80 Å². The Morgan fingerprint density at radius 1 is 1.16 bits per heavy atom. The summed E-state index contributed by atoms with van der Waals surface area (Å²) in [6.45, 7) is 8.34. The van der Waals surface area contributed by atoms with Crippen molar-refractivity contribution in [3.05, 3.63) is 29.8 Å². The fourth-order valence-corrected chi connectivity index (χ4v) is 2.23. The summed E-state index contributed by atoms with van der Waals surface area (Å²) >= 11 is 0. The first kappa shape index (κ1) is 14.3. The van der Waals surface area contributed by atoms with E-state index < -0.39 is 0 Å². The molecule has 0 spiro atoms. The lowest BCUT2D eigenvalue weighted by Crippen LogP contribution is -2.45. The molecule has 2 rings (SSSR count). The molecular formula is C15H25N3O. The second-order valence-corrected chi connectivity index (χ2v) is 5.35. The van der Waals surface area contributed by atoms with Gasteiger partial charge in [-0.1, -0.05) is 12.1 Å². The van der Waals surface area contributed by atoms with E-state index in [-0.39, 0.29) is 6.04 Å². The summed E-state index contributed by atoms with van der Waals surface area (Å²) < 4.78 is 5.77. The Kier molecular flexibility index (Phi) is 5.19. The van der Waals surface area contributed by atoms with Crippen molar-refractivity contribution in [1.29, 1.82) is 0 Å². The summed E-state index contributed by atoms with van der Waals surface area (Å²) in [5.74, 6) is 0.929. The van der Waals surface area contributed by atoms with Crippen LogP contribution in [0.5, 0.6) is 5.75 Å². The Morgan fingerprint density at radius 3 is 2.37 bits per heavy atom. The monoisotopic (exact) mass is 263 g/mol. The number of nitrogens with zero attached hydrogens (tertiary/aromatic N) is 2. The summed E-state index contributed by atoms with van der Waals surface area (Å²) in [7, 11) is 2.17. The zero-order valence-corrected chi connectivity index (χ0v) is 12.0. The zero-order chi connectivity index (χ0) is 13.7. The maximum absolute atomic E-state index is 5.82. The van der Waals surface area contributed by atoms with Gasteiger partial charge in [0.05, 0.1) is 0 Å². The number of benzene rings is 1. The number of likely N-dealkylation sites (N-methyl/N-ethyl adjacent to an activating group) is 1. The van der Waals surface area contributed by atoms with Crippen LogP contribution in [0.2, 0.25) is 0 Å². The topological polar surface area (TPSA) is 41.7 Å². The van der Waals surface area contributed by atoms with Crippen molar-refractivity contribution >= 4 is 0 Å². The van der Waals surface area contributed by atoms with Gasteiger partial charge in [-0.25, -0.2) is 0 Å². The van der Waals surface area contributed by atoms with Crippen LogP contribution in [0.25, 0.3) is 0 Å². The van der Waals surface area contributed by atoms with Crippen LogP contribution >= 0.6 is 0 Å². The number of piperazine rings is 1. The molecule has 0 aliphatic carbocycles. The summed E-state index contributed by atoms with van der Waals surface area (Å²) in [4.78, 5) is 4.82. The molecule has 0 radical (unpaired) electrons. The molecule has 0 bridgehead atoms. The molecule has 0 saturated carbocycles. The van der Waals surface area contributed by atoms with Gasteiger partial charge in [0.1, 0.15) is 12.4 Å². The molecular weight excluding hydrogens is 238 g/mol. The van der Waals surface area contributed by atoms with Gasteiger partial charge in [-0.3, -0.25) is 4.90 Å². The minimum absolute atomic E-state index is 0.0828. The van der Waals surface area contributed by atoms with Crippen molar-refractivity contribution in [3.63, 3.8) is 0 Å². The average molecular weight is 263 g/mol. The van der Waals surface area contributed by atoms with Crippen LogP contribution in [0.15, 0.2) is 24.3 Å². The van der Waals surface area contributed by atoms with Crippen LogP contribution in [0.4, 0.5) is 0 Å². The molecule has 106 valence electrons. The Morgan fingerprint density at radius 2 is 1.79 bits per heavy atom. The van der Waals surface area contributed by atoms with Gasteiger partial charge in [0.2, 0.25) is 0 Å². The van der Waals surface area contributed by atoms with Crippen molar-refractivity contribution < 1.29 is 4.74 Å². The molecule has 4 heteroatoms. The normalized spacial score (nSPS) is 19.3. The molecule has 1 aromatic rings. The molecule has 1 aliphatic rings. The molecule has 4 nitrogen and oxygen atoms in total. The standard InChI is InChI=1S/C15H25N3O/c1-13(16)14-3-5-15(6-4-14)19-12-11-18-9-7-17(2)8-10-18/h3-6,13H,7-12,16H2,1-2H3/t13-/m1/s1. The molecule has 0 amide bonds. The van der Waals surface area contributed by atoms with Crippen LogP contribution in [0.3, 0.4) is 0 Å². The fraction of sp³-hybridized carbons (Fsp3) is 0.600. The molecule has 1 fully saturated rings. The van der Waals surface area contributed by atoms with Crippen molar-refractivity contribution in [3.8, 4) is 5.75 Å². The van der Waals surface area contributed by atoms with E-state index >= 15 is 0 Å². The van der Waals surface area contributed by atoms with Gasteiger partial charge in [-0.15, -0.1) is 0 Å². The number of hydrogen-bond acceptors (Lipinski definition) is 4. The van der Waals surface area contributed by atoms with Gasteiger partial charge in [0, 0.05) is 38.8 Å². The zero-order valence-electron chi connectivity index (χ0n) is 12.0. The van der Waals surface area contributed by atoms with Crippen LogP contribution < -0.4 is 10.5 Å². The lowest BCUT2D eigenvalue weighted by Gasteiger charge is -2.32. The molecule has 19 heavy (non-hydrogen) atoms. The van der Waals surface area contributed by atoms with E-state index in [1.807, 2.05) is 31.2 Å². The highest BCUT2D eigenvalue weighted by Gasteiger charge is 2.13. The third kappa shape index (κ3) is 4.49. The van der Waals surface area contributed by atoms with Gasteiger partial charge < -0.3 is 15.4 Å². The van der Waals surface area contributed by atoms with Crippen molar-refractivity contribution in [2.75, 3.05) is 46.4 Å². The van der Waals surface area contributed by atoms with Crippen molar-refractivity contribution in [2.24, 2.45) is 5.73 Å². The van der Waals surface area contributed by atoms with Crippen LogP contribution in [0, 0.1) is 0 Å². The minimum Gasteiger partial charge on any atom is -0.492 e. The predicted octanol–water partition coefficient (Wildman–Crippen LogP) is 1.33. The summed E-state index contributed by atoms with van der Waals surface area (Å²) in [5, 5.41) is 0. The van der Waals surface area contributed by atoms with E-state index in [0.29, 0.717) is 0 Å². The average Bonchev–Trinajstić information content (AvgIpc) is 2.41. The van der Waals surface area contributed by atoms with Gasteiger partial charge in [0.25, 0.3) is 0 Å². The largest absolute Gasteiger partial charge is 0.492 e. The third-order valence-electron chi connectivity index (χ3n) is 3.68. The smallest absolute Gasteiger partial charge is 0.119 e. The highest BCUT2D eigenvalue weighted by atomic mass is 16.5. The van der Waals surface area contributed by atoms with E-state index in [1.54, 1.807) is 0 Å². The van der Waals surface area contributed by atoms with E-state index in [1.165, 1.54) is 0 Å². The Balaban J connectivity index is 1.70. The Hall–Kier alpha value is -1.10. The third-order valence-corrected chi connectivity index (χ3v) is 3.68. The number of rotatable bonds is 5. The number of ether oxygens (including phenoxy) is 1. The summed E-state index contributed by atoms with van der Waals surface area (Å²) in [6, 6.07) is 8.16. The summed E-state index contributed by atoms with van der Waals surface area (Å²) in [6.07, 6.45) is 0. The van der Waals surface area contributed by atoms with E-state index in [2.05, 4.69) is 16.8 Å². The Bertz CT molecular complexity index is 369. The van der Waals surface area contributed by atoms with Gasteiger partial charge >= 0.3 is 0 Å². The van der Waals surface area contributed by atoms with Gasteiger partial charge in [0.15, 0.2) is 0 Å². The first-order valence-electron chi connectivity index (χ1n) is 7.04. The molecule has 1 aliphatic heterocycles. The second-order valence-electron chi connectivity index (χ2n) is 5.35. The lowest BCUT2D eigenvalue weighted by molar-refractivity contribution is 0.133. The SMILES string of the molecule is C[C@@H](N)c1ccc(OCCN2CCN(C)CC2)cc1. The minimum atomic E-state index is 0.0828. The number of nitrogens with two attached hydrogens (primary N) is 1. The maximum Gasteiger partial charge on any atom is 0.119 e. The number of hydrogen-bond donors (Lipinski definition) is 1. The lowest BCUT2D eigenvalue weighted by atomic mass is 10.1. The fourth-order valence-electron chi connectivity index (χ4n) is 2.23. The maximum atomic E-state index is 5.82. The second kappa shape index (κ2) is 6.89. The highest BCUT2D eigenvalue weighted by molar-refractivity contribution is 5.28. The van der Waals surface area contributed by atoms with Gasteiger partial charge in [-0.2, -0.15) is 0 Å². The predicted molar refractivity (Wildman–Crippen MR) is 78.5 cm³/mol. The molecule has 1 saturated heterocycles. The molecule has 0 aromatic heterocycles. The Labute approximate surface area is 116 Å².